The molecule has 1 amide bonds. The molecule has 2 aromatic rings. The Hall–Kier alpha value is -2.75. The Morgan fingerprint density at radius 3 is 2.65 bits per heavy atom. The van der Waals surface area contributed by atoms with Crippen molar-refractivity contribution in [2.24, 2.45) is 0 Å². The maximum Gasteiger partial charge on any atom is 0.267 e. The van der Waals surface area contributed by atoms with Crippen LogP contribution in [0, 0.1) is 6.92 Å². The van der Waals surface area contributed by atoms with Gasteiger partial charge in [0.15, 0.2) is 5.13 Å². The van der Waals surface area contributed by atoms with Crippen molar-refractivity contribution >= 4 is 45.6 Å². The maximum atomic E-state index is 12.6. The number of aryl methyl sites for hydroxylation is 1. The van der Waals surface area contributed by atoms with E-state index in [2.05, 4.69) is 55.6 Å². The minimum Gasteiger partial charge on any atom is -0.354 e. The third-order valence-corrected chi connectivity index (χ3v) is 5.93. The van der Waals surface area contributed by atoms with Gasteiger partial charge in [0.1, 0.15) is 22.3 Å². The van der Waals surface area contributed by atoms with E-state index in [0.29, 0.717) is 27.3 Å². The van der Waals surface area contributed by atoms with E-state index in [1.54, 1.807) is 13.0 Å². The number of anilines is 3. The van der Waals surface area contributed by atoms with Gasteiger partial charge in [0.25, 0.3) is 5.91 Å². The first-order valence-electron chi connectivity index (χ1n) is 9.78. The van der Waals surface area contributed by atoms with Crippen molar-refractivity contribution in [3.8, 4) is 0 Å². The average Bonchev–Trinajstić information content (AvgIpc) is 3.19. The molecule has 0 saturated carbocycles. The van der Waals surface area contributed by atoms with Gasteiger partial charge < -0.3 is 20.4 Å². The molecule has 3 rings (SSSR count). The summed E-state index contributed by atoms with van der Waals surface area (Å²) in [5.74, 6) is 1.87. The largest absolute Gasteiger partial charge is 0.354 e. The number of hydrogen-bond donors (Lipinski definition) is 2. The van der Waals surface area contributed by atoms with E-state index < -0.39 is 0 Å². The Labute approximate surface area is 191 Å². The smallest absolute Gasteiger partial charge is 0.267 e. The van der Waals surface area contributed by atoms with E-state index in [-0.39, 0.29) is 10.9 Å². The van der Waals surface area contributed by atoms with Gasteiger partial charge in [-0.15, -0.1) is 0 Å². The lowest BCUT2D eigenvalue weighted by Gasteiger charge is -2.33. The number of carbonyl (C=O) groups is 1. The molecule has 1 aliphatic heterocycles. The summed E-state index contributed by atoms with van der Waals surface area (Å²) in [6.07, 6.45) is 3.12. The summed E-state index contributed by atoms with van der Waals surface area (Å²) in [5, 5.41) is 6.75. The number of hydrogen-bond acceptors (Lipinski definition) is 8. The fourth-order valence-corrected chi connectivity index (χ4v) is 3.93. The number of allylic oxidation sites excluding steroid dienone is 3. The number of aromatic nitrogens is 3. The van der Waals surface area contributed by atoms with Crippen molar-refractivity contribution < 1.29 is 4.79 Å². The molecule has 3 heterocycles. The number of nitrogens with one attached hydrogen (secondary N) is 2. The predicted molar refractivity (Wildman–Crippen MR) is 127 cm³/mol. The minimum absolute atomic E-state index is 0.238. The van der Waals surface area contributed by atoms with E-state index in [0.717, 1.165) is 37.6 Å². The van der Waals surface area contributed by atoms with Gasteiger partial charge >= 0.3 is 0 Å². The highest BCUT2D eigenvalue weighted by molar-refractivity contribution is 7.17. The summed E-state index contributed by atoms with van der Waals surface area (Å²) < 4.78 is 0. The lowest BCUT2D eigenvalue weighted by molar-refractivity contribution is 0.0970. The van der Waals surface area contributed by atoms with Crippen LogP contribution in [0.15, 0.2) is 47.8 Å². The molecule has 0 spiro atoms. The van der Waals surface area contributed by atoms with E-state index in [1.165, 1.54) is 17.5 Å². The molecule has 1 saturated heterocycles. The van der Waals surface area contributed by atoms with Crippen molar-refractivity contribution in [2.75, 3.05) is 43.4 Å². The fraction of sp³-hybridized carbons (Fsp3) is 0.333. The molecule has 0 unspecified atom stereocenters. The molecule has 2 aromatic heterocycles. The van der Waals surface area contributed by atoms with Crippen LogP contribution in [0.25, 0.3) is 0 Å². The van der Waals surface area contributed by atoms with Crippen LogP contribution in [0.5, 0.6) is 0 Å². The second-order valence-electron chi connectivity index (χ2n) is 7.22. The number of likely N-dealkylation sites (N-methyl/N-ethyl adjacent to an activating group) is 1. The molecule has 1 aliphatic rings. The van der Waals surface area contributed by atoms with Crippen LogP contribution in [-0.2, 0) is 0 Å². The molecule has 0 aliphatic carbocycles. The molecule has 10 heteroatoms. The average molecular weight is 460 g/mol. The molecule has 8 nitrogen and oxygen atoms in total. The number of thiazole rings is 1. The van der Waals surface area contributed by atoms with Crippen molar-refractivity contribution in [1.29, 1.82) is 0 Å². The standard InChI is InChI=1S/C21H26ClN7OS/c1-6-13(2)19(14(3)22)27-20(30)16-12-23-21(31-16)26-17-11-18(25-15(4)24-17)29-9-7-28(5)8-10-29/h6,11-12H,1,3,7-10H2,2,4-5H3,(H,27,30)(H,23,24,25,26)/b19-13+. The number of piperazine rings is 1. The summed E-state index contributed by atoms with van der Waals surface area (Å²) in [6.45, 7) is 14.9. The van der Waals surface area contributed by atoms with Gasteiger partial charge in [0, 0.05) is 32.2 Å². The Morgan fingerprint density at radius 2 is 2.00 bits per heavy atom. The molecule has 0 aromatic carbocycles. The van der Waals surface area contributed by atoms with E-state index in [4.69, 9.17) is 11.6 Å². The van der Waals surface area contributed by atoms with Crippen LogP contribution in [0.1, 0.15) is 22.4 Å². The molecule has 0 radical (unpaired) electrons. The highest BCUT2D eigenvalue weighted by atomic mass is 35.5. The molecule has 164 valence electrons. The zero-order valence-corrected chi connectivity index (χ0v) is 19.5. The van der Waals surface area contributed by atoms with Crippen LogP contribution in [-0.4, -0.2) is 59.0 Å². The van der Waals surface area contributed by atoms with Gasteiger partial charge in [0.05, 0.1) is 16.9 Å². The number of carbonyl (C=O) groups excluding carboxylic acids is 1. The molecule has 1 fully saturated rings. The van der Waals surface area contributed by atoms with Crippen LogP contribution in [0.2, 0.25) is 0 Å². The molecule has 2 N–H and O–H groups in total. The summed E-state index contributed by atoms with van der Waals surface area (Å²) in [5.41, 5.74) is 1.16. The Balaban J connectivity index is 1.73. The highest BCUT2D eigenvalue weighted by Gasteiger charge is 2.18. The third-order valence-electron chi connectivity index (χ3n) is 4.83. The van der Waals surface area contributed by atoms with Crippen molar-refractivity contribution in [3.05, 3.63) is 58.5 Å². The van der Waals surface area contributed by atoms with Crippen LogP contribution < -0.4 is 15.5 Å². The summed E-state index contributed by atoms with van der Waals surface area (Å²) in [7, 11) is 2.12. The topological polar surface area (TPSA) is 86.3 Å². The Kier molecular flexibility index (Phi) is 7.42. The van der Waals surface area contributed by atoms with E-state index >= 15 is 0 Å². The fourth-order valence-electron chi connectivity index (χ4n) is 3.02. The maximum absolute atomic E-state index is 12.6. The normalized spacial score (nSPS) is 15.3. The van der Waals surface area contributed by atoms with Crippen LogP contribution >= 0.6 is 22.9 Å². The van der Waals surface area contributed by atoms with Gasteiger partial charge in [-0.05, 0) is 26.5 Å². The lowest BCUT2D eigenvalue weighted by atomic mass is 10.2. The molecule has 0 atom stereocenters. The van der Waals surface area contributed by atoms with E-state index in [1.807, 2.05) is 13.0 Å². The predicted octanol–water partition coefficient (Wildman–Crippen LogP) is 3.68. The van der Waals surface area contributed by atoms with Gasteiger partial charge in [-0.1, -0.05) is 42.2 Å². The summed E-state index contributed by atoms with van der Waals surface area (Å²) in [6, 6.07) is 1.91. The summed E-state index contributed by atoms with van der Waals surface area (Å²) >= 11 is 7.22. The van der Waals surface area contributed by atoms with Crippen LogP contribution in [0.4, 0.5) is 16.8 Å². The minimum atomic E-state index is -0.319. The van der Waals surface area contributed by atoms with Gasteiger partial charge in [-0.2, -0.15) is 0 Å². The zero-order valence-electron chi connectivity index (χ0n) is 17.9. The Bertz CT molecular complexity index is 1020. The molecule has 31 heavy (non-hydrogen) atoms. The van der Waals surface area contributed by atoms with Crippen molar-refractivity contribution in [3.63, 3.8) is 0 Å². The number of rotatable bonds is 7. The SMILES string of the molecule is C=C/C(C)=C(/NC(=O)c1cnc(Nc2cc(N3CCN(C)CC3)nc(C)n2)s1)C(=C)Cl. The summed E-state index contributed by atoms with van der Waals surface area (Å²) in [4.78, 5) is 30.9. The van der Waals surface area contributed by atoms with Gasteiger partial charge in [0.2, 0.25) is 0 Å². The lowest BCUT2D eigenvalue weighted by Crippen LogP contribution is -2.44. The second kappa shape index (κ2) is 10.0. The monoisotopic (exact) mass is 459 g/mol. The highest BCUT2D eigenvalue weighted by Crippen LogP contribution is 2.25. The number of nitrogens with zero attached hydrogens (tertiary/aromatic N) is 5. The quantitative estimate of drug-likeness (QED) is 0.611. The second-order valence-corrected chi connectivity index (χ2v) is 8.71. The number of amides is 1. The van der Waals surface area contributed by atoms with Crippen molar-refractivity contribution in [2.45, 2.75) is 13.8 Å². The van der Waals surface area contributed by atoms with E-state index in [9.17, 15) is 4.79 Å². The molecular weight excluding hydrogens is 434 g/mol. The third kappa shape index (κ3) is 5.90. The first-order chi connectivity index (χ1) is 14.8. The number of halogens is 1. The first kappa shape index (κ1) is 22.9. The molecular formula is C21H26ClN7OS. The first-order valence-corrected chi connectivity index (χ1v) is 11.0. The zero-order chi connectivity index (χ0) is 22.5. The Morgan fingerprint density at radius 1 is 1.29 bits per heavy atom. The van der Waals surface area contributed by atoms with Crippen molar-refractivity contribution in [1.82, 2.24) is 25.2 Å². The van der Waals surface area contributed by atoms with Gasteiger partial charge in [-0.3, -0.25) is 4.79 Å². The van der Waals surface area contributed by atoms with Gasteiger partial charge in [-0.25, -0.2) is 15.0 Å². The van der Waals surface area contributed by atoms with Crippen LogP contribution in [0.3, 0.4) is 0 Å². The molecule has 0 bridgehead atoms.